The molecule has 4 heteroatoms. The van der Waals surface area contributed by atoms with Gasteiger partial charge in [-0.25, -0.2) is 0 Å². The molecular formula is C17H27NO2S. The van der Waals surface area contributed by atoms with Gasteiger partial charge in [-0.15, -0.1) is 0 Å². The van der Waals surface area contributed by atoms with Crippen molar-refractivity contribution in [2.24, 2.45) is 5.41 Å². The van der Waals surface area contributed by atoms with Crippen LogP contribution in [-0.4, -0.2) is 29.2 Å². The molecule has 3 nitrogen and oxygen atoms in total. The molecule has 1 N–H and O–H groups in total. The third-order valence-corrected chi connectivity index (χ3v) is 6.11. The highest BCUT2D eigenvalue weighted by molar-refractivity contribution is 7.85. The summed E-state index contributed by atoms with van der Waals surface area (Å²) < 4.78 is 18.3. The van der Waals surface area contributed by atoms with E-state index >= 15 is 0 Å². The van der Waals surface area contributed by atoms with Crippen molar-refractivity contribution in [3.05, 3.63) is 24.3 Å². The summed E-state index contributed by atoms with van der Waals surface area (Å²) in [6.45, 7) is 7.61. The van der Waals surface area contributed by atoms with E-state index in [-0.39, 0.29) is 10.7 Å². The zero-order valence-electron chi connectivity index (χ0n) is 13.5. The first-order chi connectivity index (χ1) is 9.96. The van der Waals surface area contributed by atoms with E-state index in [1.165, 1.54) is 6.42 Å². The van der Waals surface area contributed by atoms with E-state index in [0.29, 0.717) is 6.04 Å². The standard InChI is InChI=1S/C17H27NO2S/c1-5-18-15-9-10-17(2,3)12-16(15)21(19)14-8-6-7-13(11-14)20-4/h6-8,11,15-16,18H,5,9-10,12H2,1-4H3. The molecule has 0 heterocycles. The van der Waals surface area contributed by atoms with Gasteiger partial charge in [-0.2, -0.15) is 0 Å². The maximum Gasteiger partial charge on any atom is 0.120 e. The maximum absolute atomic E-state index is 13.1. The van der Waals surface area contributed by atoms with E-state index in [4.69, 9.17) is 4.74 Å². The number of hydrogen-bond acceptors (Lipinski definition) is 3. The minimum atomic E-state index is -1.00. The first kappa shape index (κ1) is 16.5. The molecule has 2 rings (SSSR count). The van der Waals surface area contributed by atoms with Crippen molar-refractivity contribution in [2.45, 2.75) is 56.2 Å². The summed E-state index contributed by atoms with van der Waals surface area (Å²) in [5.74, 6) is 0.774. The molecule has 0 spiro atoms. The maximum atomic E-state index is 13.1. The molecule has 21 heavy (non-hydrogen) atoms. The van der Waals surface area contributed by atoms with Crippen LogP contribution in [0.5, 0.6) is 5.75 Å². The zero-order valence-corrected chi connectivity index (χ0v) is 14.3. The summed E-state index contributed by atoms with van der Waals surface area (Å²) in [7, 11) is 0.644. The molecule has 0 radical (unpaired) electrons. The lowest BCUT2D eigenvalue weighted by Crippen LogP contribution is -2.48. The van der Waals surface area contributed by atoms with Gasteiger partial charge in [0.1, 0.15) is 5.75 Å². The average Bonchev–Trinajstić information content (AvgIpc) is 2.48. The Labute approximate surface area is 130 Å². The van der Waals surface area contributed by atoms with Crippen molar-refractivity contribution < 1.29 is 8.95 Å². The highest BCUT2D eigenvalue weighted by Crippen LogP contribution is 2.39. The van der Waals surface area contributed by atoms with Crippen LogP contribution in [-0.2, 0) is 10.8 Å². The van der Waals surface area contributed by atoms with E-state index in [2.05, 4.69) is 26.1 Å². The van der Waals surface area contributed by atoms with Gasteiger partial charge in [0, 0.05) is 10.9 Å². The van der Waals surface area contributed by atoms with Crippen LogP contribution < -0.4 is 10.1 Å². The molecule has 0 amide bonds. The Morgan fingerprint density at radius 1 is 1.43 bits per heavy atom. The van der Waals surface area contributed by atoms with Gasteiger partial charge >= 0.3 is 0 Å². The van der Waals surface area contributed by atoms with E-state index in [1.807, 2.05) is 24.3 Å². The molecule has 118 valence electrons. The average molecular weight is 309 g/mol. The lowest BCUT2D eigenvalue weighted by atomic mass is 9.75. The molecule has 0 aromatic heterocycles. The minimum Gasteiger partial charge on any atom is -0.497 e. The summed E-state index contributed by atoms with van der Waals surface area (Å²) in [5, 5.41) is 3.69. The third kappa shape index (κ3) is 4.07. The van der Waals surface area contributed by atoms with Gasteiger partial charge in [0.15, 0.2) is 0 Å². The van der Waals surface area contributed by atoms with Gasteiger partial charge in [-0.3, -0.25) is 4.21 Å². The Bertz CT molecular complexity index is 501. The van der Waals surface area contributed by atoms with E-state index in [0.717, 1.165) is 30.0 Å². The van der Waals surface area contributed by atoms with Gasteiger partial charge in [0.25, 0.3) is 0 Å². The van der Waals surface area contributed by atoms with Crippen molar-refractivity contribution >= 4 is 10.8 Å². The van der Waals surface area contributed by atoms with Crippen LogP contribution in [0.4, 0.5) is 0 Å². The molecule has 1 saturated carbocycles. The Kier molecular flexibility index (Phi) is 5.44. The first-order valence-corrected chi connectivity index (χ1v) is 8.96. The Morgan fingerprint density at radius 3 is 2.86 bits per heavy atom. The molecule has 1 aromatic carbocycles. The highest BCUT2D eigenvalue weighted by atomic mass is 32.2. The second-order valence-electron chi connectivity index (χ2n) is 6.59. The summed E-state index contributed by atoms with van der Waals surface area (Å²) in [4.78, 5) is 0.875. The van der Waals surface area contributed by atoms with Gasteiger partial charge in [0.05, 0.1) is 23.2 Å². The number of methoxy groups -OCH3 is 1. The van der Waals surface area contributed by atoms with Crippen LogP contribution in [0.15, 0.2) is 29.2 Å². The molecule has 0 saturated heterocycles. The van der Waals surface area contributed by atoms with E-state index in [9.17, 15) is 4.21 Å². The van der Waals surface area contributed by atoms with Gasteiger partial charge in [-0.1, -0.05) is 26.8 Å². The molecule has 1 aliphatic carbocycles. The SMILES string of the molecule is CCNC1CCC(C)(C)CC1S(=O)c1cccc(OC)c1. The predicted molar refractivity (Wildman–Crippen MR) is 88.3 cm³/mol. The van der Waals surface area contributed by atoms with Crippen LogP contribution in [0, 0.1) is 5.41 Å². The topological polar surface area (TPSA) is 38.3 Å². The second kappa shape index (κ2) is 6.93. The number of hydrogen-bond donors (Lipinski definition) is 1. The largest absolute Gasteiger partial charge is 0.497 e. The monoisotopic (exact) mass is 309 g/mol. The smallest absolute Gasteiger partial charge is 0.120 e. The second-order valence-corrected chi connectivity index (χ2v) is 8.26. The molecular weight excluding hydrogens is 282 g/mol. The van der Waals surface area contributed by atoms with E-state index in [1.54, 1.807) is 7.11 Å². The van der Waals surface area contributed by atoms with Crippen LogP contribution in [0.2, 0.25) is 0 Å². The molecule has 3 atom stereocenters. The quantitative estimate of drug-likeness (QED) is 0.906. The fraction of sp³-hybridized carbons (Fsp3) is 0.647. The van der Waals surface area contributed by atoms with Gasteiger partial charge in [0.2, 0.25) is 0 Å². The van der Waals surface area contributed by atoms with Gasteiger partial charge < -0.3 is 10.1 Å². The predicted octanol–water partition coefficient (Wildman–Crippen LogP) is 3.36. The molecule has 3 unspecified atom stereocenters. The lowest BCUT2D eigenvalue weighted by Gasteiger charge is -2.40. The Balaban J connectivity index is 2.23. The first-order valence-electron chi connectivity index (χ1n) is 7.75. The van der Waals surface area contributed by atoms with Crippen molar-refractivity contribution in [1.29, 1.82) is 0 Å². The number of rotatable bonds is 5. The van der Waals surface area contributed by atoms with Crippen molar-refractivity contribution in [3.8, 4) is 5.75 Å². The molecule has 0 aliphatic heterocycles. The van der Waals surface area contributed by atoms with Crippen molar-refractivity contribution in [2.75, 3.05) is 13.7 Å². The van der Waals surface area contributed by atoms with Crippen molar-refractivity contribution in [3.63, 3.8) is 0 Å². The number of benzene rings is 1. The zero-order chi connectivity index (χ0) is 15.5. The van der Waals surface area contributed by atoms with Gasteiger partial charge in [-0.05, 0) is 49.4 Å². The van der Waals surface area contributed by atoms with Crippen LogP contribution in [0.1, 0.15) is 40.0 Å². The Hall–Kier alpha value is -0.870. The summed E-state index contributed by atoms with van der Waals surface area (Å²) in [6.07, 6.45) is 3.28. The number of ether oxygens (including phenoxy) is 1. The number of nitrogens with one attached hydrogen (secondary N) is 1. The fourth-order valence-electron chi connectivity index (χ4n) is 3.14. The van der Waals surface area contributed by atoms with Crippen molar-refractivity contribution in [1.82, 2.24) is 5.32 Å². The van der Waals surface area contributed by atoms with Crippen LogP contribution in [0.3, 0.4) is 0 Å². The lowest BCUT2D eigenvalue weighted by molar-refractivity contribution is 0.213. The van der Waals surface area contributed by atoms with Crippen LogP contribution in [0.25, 0.3) is 0 Å². The van der Waals surface area contributed by atoms with Crippen LogP contribution >= 0.6 is 0 Å². The third-order valence-electron chi connectivity index (χ3n) is 4.35. The molecule has 0 bridgehead atoms. The molecule has 1 aromatic rings. The fourth-order valence-corrected chi connectivity index (χ4v) is 5.07. The Morgan fingerprint density at radius 2 is 2.19 bits per heavy atom. The minimum absolute atomic E-state index is 0.167. The molecule has 1 fully saturated rings. The van der Waals surface area contributed by atoms with E-state index < -0.39 is 10.8 Å². The summed E-state index contributed by atoms with van der Waals surface area (Å²) in [6, 6.07) is 8.01. The summed E-state index contributed by atoms with van der Waals surface area (Å²) in [5.41, 5.74) is 0.269. The summed E-state index contributed by atoms with van der Waals surface area (Å²) >= 11 is 0. The normalized spacial score (nSPS) is 26.3. The molecule has 1 aliphatic rings. The highest BCUT2D eigenvalue weighted by Gasteiger charge is 2.38.